The maximum absolute atomic E-state index is 15.9. The van der Waals surface area contributed by atoms with Crippen LogP contribution in [-0.2, 0) is 29.4 Å². The fraction of sp³-hybridized carbons (Fsp3) is 0.448. The third kappa shape index (κ3) is 7.84. The molecule has 2 unspecified atom stereocenters. The van der Waals surface area contributed by atoms with Crippen LogP contribution in [0.15, 0.2) is 53.1 Å². The van der Waals surface area contributed by atoms with Crippen molar-refractivity contribution >= 4 is 27.3 Å². The molecule has 3 aromatic rings. The normalized spacial score (nSPS) is 16.2. The number of carbonyl (C=O) groups excluding carboxylic acids is 1. The highest BCUT2D eigenvalue weighted by Crippen LogP contribution is 2.32. The van der Waals surface area contributed by atoms with Crippen molar-refractivity contribution in [1.29, 1.82) is 0 Å². The number of aryl methyl sites for hydroxylation is 1. The predicted octanol–water partition coefficient (Wildman–Crippen LogP) is 3.23. The quantitative estimate of drug-likeness (QED) is 0.239. The van der Waals surface area contributed by atoms with Crippen molar-refractivity contribution in [2.24, 2.45) is 0 Å². The molecule has 41 heavy (non-hydrogen) atoms. The molecule has 0 spiro atoms. The van der Waals surface area contributed by atoms with Crippen LogP contribution in [0.5, 0.6) is 0 Å². The van der Waals surface area contributed by atoms with Gasteiger partial charge in [0.15, 0.2) is 11.6 Å². The van der Waals surface area contributed by atoms with Gasteiger partial charge in [-0.05, 0) is 50.3 Å². The topological polar surface area (TPSA) is 137 Å². The van der Waals surface area contributed by atoms with Crippen LogP contribution in [0.2, 0.25) is 0 Å². The first-order chi connectivity index (χ1) is 19.7. The molecular weight excluding hydrogens is 549 g/mol. The molecule has 12 heteroatoms. The van der Waals surface area contributed by atoms with E-state index in [-0.39, 0.29) is 30.1 Å². The van der Waals surface area contributed by atoms with Crippen molar-refractivity contribution in [3.63, 3.8) is 0 Å². The van der Waals surface area contributed by atoms with Crippen molar-refractivity contribution in [1.82, 2.24) is 15.8 Å². The first-order valence-corrected chi connectivity index (χ1v) is 15.6. The second-order valence-corrected chi connectivity index (χ2v) is 12.1. The van der Waals surface area contributed by atoms with E-state index in [1.54, 1.807) is 0 Å². The molecule has 1 fully saturated rings. The van der Waals surface area contributed by atoms with Crippen LogP contribution in [-0.4, -0.2) is 62.1 Å². The van der Waals surface area contributed by atoms with Crippen LogP contribution in [0.4, 0.5) is 15.8 Å². The van der Waals surface area contributed by atoms with Gasteiger partial charge >= 0.3 is 0 Å². The van der Waals surface area contributed by atoms with Gasteiger partial charge in [-0.15, -0.1) is 0 Å². The maximum atomic E-state index is 15.9. The number of aliphatic hydroxyl groups is 1. The number of nitrogens with one attached hydrogen (secondary N) is 3. The minimum absolute atomic E-state index is 0.0778. The van der Waals surface area contributed by atoms with E-state index in [0.29, 0.717) is 43.8 Å². The van der Waals surface area contributed by atoms with Crippen LogP contribution in [0.25, 0.3) is 0 Å². The van der Waals surface area contributed by atoms with E-state index in [4.69, 9.17) is 4.52 Å². The van der Waals surface area contributed by atoms with Gasteiger partial charge in [-0.25, -0.2) is 12.8 Å². The third-order valence-corrected chi connectivity index (χ3v) is 8.85. The van der Waals surface area contributed by atoms with Crippen LogP contribution in [0.1, 0.15) is 54.1 Å². The van der Waals surface area contributed by atoms with E-state index < -0.39 is 33.9 Å². The molecule has 0 saturated carbocycles. The zero-order chi connectivity index (χ0) is 29.4. The zero-order valence-corrected chi connectivity index (χ0v) is 24.2. The predicted molar refractivity (Wildman–Crippen MR) is 156 cm³/mol. The lowest BCUT2D eigenvalue weighted by Gasteiger charge is -2.30. The van der Waals surface area contributed by atoms with Gasteiger partial charge in [0, 0.05) is 31.4 Å². The SMILES string of the molecule is CCNc1cc(C(=O)NC(Cc2ccccc2)C(O)CNCc2cc(CC)no2)c(F)c(N2CCCCS2(=O)=O)c1. The van der Waals surface area contributed by atoms with Gasteiger partial charge in [0.2, 0.25) is 10.0 Å². The molecule has 0 aliphatic carbocycles. The second kappa shape index (κ2) is 13.9. The Morgan fingerprint density at radius 3 is 2.63 bits per heavy atom. The Labute approximate surface area is 240 Å². The number of carbonyl (C=O) groups is 1. The van der Waals surface area contributed by atoms with E-state index in [0.717, 1.165) is 22.0 Å². The van der Waals surface area contributed by atoms with Gasteiger partial charge < -0.3 is 25.6 Å². The molecule has 1 aliphatic heterocycles. The molecule has 0 bridgehead atoms. The summed E-state index contributed by atoms with van der Waals surface area (Å²) in [4.78, 5) is 13.6. The Hall–Kier alpha value is -3.48. The maximum Gasteiger partial charge on any atom is 0.254 e. The Balaban J connectivity index is 1.57. The van der Waals surface area contributed by atoms with E-state index in [2.05, 4.69) is 21.1 Å². The lowest BCUT2D eigenvalue weighted by atomic mass is 10.00. The van der Waals surface area contributed by atoms with E-state index in [1.807, 2.05) is 50.2 Å². The molecular formula is C29H38FN5O5S. The van der Waals surface area contributed by atoms with Crippen LogP contribution < -0.4 is 20.3 Å². The number of sulfonamides is 1. The van der Waals surface area contributed by atoms with Gasteiger partial charge in [0.1, 0.15) is 0 Å². The number of halogens is 1. The first kappa shape index (κ1) is 30.5. The van der Waals surface area contributed by atoms with Gasteiger partial charge in [0.05, 0.1) is 41.4 Å². The highest BCUT2D eigenvalue weighted by Gasteiger charge is 2.31. The number of aromatic nitrogens is 1. The molecule has 2 heterocycles. The molecule has 4 rings (SSSR count). The number of amides is 1. The minimum Gasteiger partial charge on any atom is -0.390 e. The summed E-state index contributed by atoms with van der Waals surface area (Å²) in [6.07, 6.45) is 1.10. The minimum atomic E-state index is -3.71. The number of hydrogen-bond acceptors (Lipinski definition) is 8. The molecule has 1 saturated heterocycles. The summed E-state index contributed by atoms with van der Waals surface area (Å²) >= 11 is 0. The Bertz CT molecular complexity index is 1420. The van der Waals surface area contributed by atoms with E-state index >= 15 is 4.39 Å². The highest BCUT2D eigenvalue weighted by molar-refractivity contribution is 7.92. The largest absolute Gasteiger partial charge is 0.390 e. The molecule has 2 aromatic carbocycles. The summed E-state index contributed by atoms with van der Waals surface area (Å²) < 4.78 is 47.7. The van der Waals surface area contributed by atoms with Crippen molar-refractivity contribution in [2.75, 3.05) is 35.0 Å². The molecule has 1 aromatic heterocycles. The fourth-order valence-electron chi connectivity index (χ4n) is 4.81. The lowest BCUT2D eigenvalue weighted by molar-refractivity contribution is 0.0825. The zero-order valence-electron chi connectivity index (χ0n) is 23.4. The highest BCUT2D eigenvalue weighted by atomic mass is 32.2. The summed E-state index contributed by atoms with van der Waals surface area (Å²) in [7, 11) is -3.71. The molecule has 10 nitrogen and oxygen atoms in total. The van der Waals surface area contributed by atoms with Crippen LogP contribution in [0.3, 0.4) is 0 Å². The number of benzene rings is 2. The van der Waals surface area contributed by atoms with Crippen LogP contribution >= 0.6 is 0 Å². The Kier molecular flexibility index (Phi) is 10.4. The Morgan fingerprint density at radius 2 is 1.95 bits per heavy atom. The molecule has 1 amide bonds. The summed E-state index contributed by atoms with van der Waals surface area (Å²) in [5, 5.41) is 24.1. The second-order valence-electron chi connectivity index (χ2n) is 10.1. The number of hydrogen-bond donors (Lipinski definition) is 4. The monoisotopic (exact) mass is 587 g/mol. The van der Waals surface area contributed by atoms with Crippen molar-refractivity contribution < 1.29 is 27.2 Å². The molecule has 1 aliphatic rings. The number of rotatable bonds is 13. The van der Waals surface area contributed by atoms with Crippen molar-refractivity contribution in [3.8, 4) is 0 Å². The molecule has 2 atom stereocenters. The van der Waals surface area contributed by atoms with Crippen molar-refractivity contribution in [3.05, 3.63) is 76.9 Å². The van der Waals surface area contributed by atoms with Crippen molar-refractivity contribution in [2.45, 2.75) is 58.2 Å². The number of nitrogens with zero attached hydrogens (tertiary/aromatic N) is 2. The Morgan fingerprint density at radius 1 is 1.17 bits per heavy atom. The number of aliphatic hydroxyl groups excluding tert-OH is 1. The van der Waals surface area contributed by atoms with Gasteiger partial charge in [-0.2, -0.15) is 0 Å². The fourth-order valence-corrected chi connectivity index (χ4v) is 6.44. The van der Waals surface area contributed by atoms with Crippen LogP contribution in [0, 0.1) is 5.82 Å². The first-order valence-electron chi connectivity index (χ1n) is 14.0. The average Bonchev–Trinajstić information content (AvgIpc) is 3.42. The summed E-state index contributed by atoms with van der Waals surface area (Å²) in [6.45, 7) is 4.91. The third-order valence-electron chi connectivity index (χ3n) is 7.00. The van der Waals surface area contributed by atoms with E-state index in [1.165, 1.54) is 12.1 Å². The molecule has 222 valence electrons. The molecule has 0 radical (unpaired) electrons. The summed E-state index contributed by atoms with van der Waals surface area (Å²) in [5.41, 5.74) is 1.67. The summed E-state index contributed by atoms with van der Waals surface area (Å²) in [5.74, 6) is -1.12. The molecule has 4 N–H and O–H groups in total. The smallest absolute Gasteiger partial charge is 0.254 e. The standard InChI is InChI=1S/C29H38FN5O5S/c1-3-21-15-23(40-34-21)18-31-19-27(36)25(14-20-10-6-5-7-11-20)33-29(37)24-16-22(32-4-2)17-26(28(24)30)35-12-8-9-13-41(35,38)39/h5-7,10-11,15-17,25,27,31-32,36H,3-4,8-9,12-14,18-19H2,1-2H3,(H,33,37). The van der Waals surface area contributed by atoms with Gasteiger partial charge in [-0.3, -0.25) is 9.10 Å². The lowest BCUT2D eigenvalue weighted by Crippen LogP contribution is -2.49. The van der Waals surface area contributed by atoms with Gasteiger partial charge in [0.25, 0.3) is 5.91 Å². The average molecular weight is 588 g/mol. The number of anilines is 2. The van der Waals surface area contributed by atoms with E-state index in [9.17, 15) is 18.3 Å². The summed E-state index contributed by atoms with van der Waals surface area (Å²) in [6, 6.07) is 13.2. The van der Waals surface area contributed by atoms with Gasteiger partial charge in [-0.1, -0.05) is 42.4 Å².